The Balaban J connectivity index is 2.54. The quantitative estimate of drug-likeness (QED) is 0.905. The Bertz CT molecular complexity index is 522. The Morgan fingerprint density at radius 3 is 2.88 bits per heavy atom. The lowest BCUT2D eigenvalue weighted by atomic mass is 10.2. The minimum atomic E-state index is 0.0570. The number of aromatic nitrogens is 4. The summed E-state index contributed by atoms with van der Waals surface area (Å²) in [6.07, 6.45) is 0. The van der Waals surface area contributed by atoms with Gasteiger partial charge in [-0.3, -0.25) is 0 Å². The van der Waals surface area contributed by atoms with Crippen LogP contribution in [0.1, 0.15) is 24.4 Å². The third kappa shape index (κ3) is 2.16. The van der Waals surface area contributed by atoms with Gasteiger partial charge in [-0.1, -0.05) is 23.7 Å². The molecule has 0 spiro atoms. The van der Waals surface area contributed by atoms with E-state index in [1.54, 1.807) is 4.68 Å². The van der Waals surface area contributed by atoms with Gasteiger partial charge in [-0.05, 0) is 43.0 Å². The molecule has 0 amide bonds. The molecule has 0 aliphatic carbocycles. The average Bonchev–Trinajstić information content (AvgIpc) is 2.80. The Morgan fingerprint density at radius 2 is 2.18 bits per heavy atom. The van der Waals surface area contributed by atoms with E-state index in [-0.39, 0.29) is 6.04 Å². The third-order valence-electron chi connectivity index (χ3n) is 2.71. The molecule has 17 heavy (non-hydrogen) atoms. The number of aryl methyl sites for hydroxylation is 1. The summed E-state index contributed by atoms with van der Waals surface area (Å²) in [6.45, 7) is 3.95. The molecular weight excluding hydrogens is 238 g/mol. The largest absolute Gasteiger partial charge is 0.311 e. The van der Waals surface area contributed by atoms with E-state index in [4.69, 9.17) is 11.6 Å². The summed E-state index contributed by atoms with van der Waals surface area (Å²) in [4.78, 5) is 0. The van der Waals surface area contributed by atoms with Gasteiger partial charge in [-0.15, -0.1) is 5.10 Å². The van der Waals surface area contributed by atoms with Crippen LogP contribution in [0.15, 0.2) is 18.2 Å². The summed E-state index contributed by atoms with van der Waals surface area (Å²) in [5.41, 5.74) is 1.80. The minimum Gasteiger partial charge on any atom is -0.311 e. The normalized spacial score (nSPS) is 12.7. The molecule has 1 N–H and O–H groups in total. The fourth-order valence-corrected chi connectivity index (χ4v) is 1.77. The van der Waals surface area contributed by atoms with Crippen molar-refractivity contribution in [2.45, 2.75) is 19.9 Å². The number of tetrazole rings is 1. The highest BCUT2D eigenvalue weighted by molar-refractivity contribution is 6.33. The first-order chi connectivity index (χ1) is 8.15. The summed E-state index contributed by atoms with van der Waals surface area (Å²) in [5.74, 6) is 0.736. The Labute approximate surface area is 105 Å². The van der Waals surface area contributed by atoms with Crippen molar-refractivity contribution >= 4 is 11.6 Å². The standard InChI is InChI=1S/C11H14ClN5/c1-7-5-4-6-9(10(7)12)17-11(8(2)13-3)14-15-16-17/h4-6,8,13H,1-3H3. The second-order valence-electron chi connectivity index (χ2n) is 3.87. The van der Waals surface area contributed by atoms with E-state index in [2.05, 4.69) is 20.8 Å². The number of nitrogens with one attached hydrogen (secondary N) is 1. The van der Waals surface area contributed by atoms with E-state index in [0.29, 0.717) is 5.02 Å². The first-order valence-corrected chi connectivity index (χ1v) is 5.74. The van der Waals surface area contributed by atoms with Gasteiger partial charge in [0.15, 0.2) is 5.82 Å². The van der Waals surface area contributed by atoms with E-state index in [1.165, 1.54) is 0 Å². The highest BCUT2D eigenvalue weighted by Crippen LogP contribution is 2.25. The SMILES string of the molecule is CNC(C)c1nnnn1-c1cccc(C)c1Cl. The van der Waals surface area contributed by atoms with E-state index < -0.39 is 0 Å². The zero-order chi connectivity index (χ0) is 12.4. The van der Waals surface area contributed by atoms with Crippen LogP contribution in [0.2, 0.25) is 5.02 Å². The Hall–Kier alpha value is -1.46. The van der Waals surface area contributed by atoms with Gasteiger partial charge in [0, 0.05) is 0 Å². The van der Waals surface area contributed by atoms with Gasteiger partial charge in [0.2, 0.25) is 0 Å². The van der Waals surface area contributed by atoms with Crippen molar-refractivity contribution in [2.24, 2.45) is 0 Å². The highest BCUT2D eigenvalue weighted by atomic mass is 35.5. The lowest BCUT2D eigenvalue weighted by Gasteiger charge is -2.12. The molecule has 1 aromatic carbocycles. The predicted molar refractivity (Wildman–Crippen MR) is 66.4 cm³/mol. The first-order valence-electron chi connectivity index (χ1n) is 5.36. The summed E-state index contributed by atoms with van der Waals surface area (Å²) < 4.78 is 1.66. The summed E-state index contributed by atoms with van der Waals surface area (Å²) in [7, 11) is 1.86. The molecular formula is C11H14ClN5. The van der Waals surface area contributed by atoms with Crippen molar-refractivity contribution < 1.29 is 0 Å². The van der Waals surface area contributed by atoms with Crippen LogP contribution in [0.5, 0.6) is 0 Å². The lowest BCUT2D eigenvalue weighted by molar-refractivity contribution is 0.588. The molecule has 2 rings (SSSR count). The summed E-state index contributed by atoms with van der Waals surface area (Å²) in [5, 5.41) is 15.5. The molecule has 1 aromatic heterocycles. The molecule has 1 heterocycles. The van der Waals surface area contributed by atoms with Gasteiger partial charge in [0.1, 0.15) is 0 Å². The highest BCUT2D eigenvalue weighted by Gasteiger charge is 2.16. The molecule has 2 aromatic rings. The molecule has 1 unspecified atom stereocenters. The molecule has 0 saturated heterocycles. The second kappa shape index (κ2) is 4.81. The fraction of sp³-hybridized carbons (Fsp3) is 0.364. The Kier molecular flexibility index (Phi) is 3.40. The fourth-order valence-electron chi connectivity index (χ4n) is 1.56. The van der Waals surface area contributed by atoms with Gasteiger partial charge in [0.05, 0.1) is 16.8 Å². The number of hydrogen-bond acceptors (Lipinski definition) is 4. The molecule has 0 bridgehead atoms. The van der Waals surface area contributed by atoms with Gasteiger partial charge in [0.25, 0.3) is 0 Å². The van der Waals surface area contributed by atoms with Crippen molar-refractivity contribution in [3.63, 3.8) is 0 Å². The maximum Gasteiger partial charge on any atom is 0.173 e. The Morgan fingerprint density at radius 1 is 1.41 bits per heavy atom. The van der Waals surface area contributed by atoms with Crippen molar-refractivity contribution in [2.75, 3.05) is 7.05 Å². The van der Waals surface area contributed by atoms with Gasteiger partial charge < -0.3 is 5.32 Å². The zero-order valence-electron chi connectivity index (χ0n) is 9.98. The lowest BCUT2D eigenvalue weighted by Crippen LogP contribution is -2.18. The number of halogens is 1. The van der Waals surface area contributed by atoms with Crippen molar-refractivity contribution in [1.29, 1.82) is 0 Å². The molecule has 0 aliphatic rings. The molecule has 0 fully saturated rings. The molecule has 1 atom stereocenters. The second-order valence-corrected chi connectivity index (χ2v) is 4.25. The average molecular weight is 252 g/mol. The zero-order valence-corrected chi connectivity index (χ0v) is 10.7. The maximum atomic E-state index is 6.27. The monoisotopic (exact) mass is 251 g/mol. The van der Waals surface area contributed by atoms with Crippen LogP contribution in [0.3, 0.4) is 0 Å². The van der Waals surface area contributed by atoms with Crippen LogP contribution < -0.4 is 5.32 Å². The molecule has 0 radical (unpaired) electrons. The summed E-state index contributed by atoms with van der Waals surface area (Å²) >= 11 is 6.27. The number of nitrogens with zero attached hydrogens (tertiary/aromatic N) is 4. The van der Waals surface area contributed by atoms with Crippen LogP contribution in [0.4, 0.5) is 0 Å². The molecule has 0 aliphatic heterocycles. The number of hydrogen-bond donors (Lipinski definition) is 1. The van der Waals surface area contributed by atoms with Gasteiger partial charge >= 0.3 is 0 Å². The van der Waals surface area contributed by atoms with Gasteiger partial charge in [-0.2, -0.15) is 4.68 Å². The molecule has 90 valence electrons. The number of rotatable bonds is 3. The van der Waals surface area contributed by atoms with Crippen LogP contribution >= 0.6 is 11.6 Å². The van der Waals surface area contributed by atoms with E-state index in [0.717, 1.165) is 17.1 Å². The van der Waals surface area contributed by atoms with Crippen LogP contribution in [0.25, 0.3) is 5.69 Å². The smallest absolute Gasteiger partial charge is 0.173 e. The first kappa shape index (κ1) is 12.0. The third-order valence-corrected chi connectivity index (χ3v) is 3.21. The van der Waals surface area contributed by atoms with Crippen molar-refractivity contribution in [1.82, 2.24) is 25.5 Å². The van der Waals surface area contributed by atoms with Crippen LogP contribution in [0, 0.1) is 6.92 Å². The van der Waals surface area contributed by atoms with Crippen molar-refractivity contribution in [3.05, 3.63) is 34.6 Å². The molecule has 0 saturated carbocycles. The van der Waals surface area contributed by atoms with Crippen LogP contribution in [-0.2, 0) is 0 Å². The van der Waals surface area contributed by atoms with Crippen molar-refractivity contribution in [3.8, 4) is 5.69 Å². The molecule has 6 heteroatoms. The van der Waals surface area contributed by atoms with Gasteiger partial charge in [-0.25, -0.2) is 0 Å². The van der Waals surface area contributed by atoms with E-state index in [9.17, 15) is 0 Å². The molecule has 5 nitrogen and oxygen atoms in total. The summed E-state index contributed by atoms with van der Waals surface area (Å²) in [6, 6.07) is 5.85. The van der Waals surface area contributed by atoms with E-state index >= 15 is 0 Å². The number of benzene rings is 1. The van der Waals surface area contributed by atoms with E-state index in [1.807, 2.05) is 39.1 Å². The maximum absolute atomic E-state index is 6.27. The predicted octanol–water partition coefficient (Wildman–Crippen LogP) is 1.90. The van der Waals surface area contributed by atoms with Crippen LogP contribution in [-0.4, -0.2) is 27.3 Å². The minimum absolute atomic E-state index is 0.0570. The topological polar surface area (TPSA) is 55.6 Å².